The quantitative estimate of drug-likeness (QED) is 0.902. The maximum atomic E-state index is 12.7. The number of thiophene rings is 1. The average Bonchev–Trinajstić information content (AvgIpc) is 3.13. The molecule has 0 saturated carbocycles. The minimum Gasteiger partial charge on any atom is -0.363 e. The van der Waals surface area contributed by atoms with Crippen molar-refractivity contribution in [2.24, 2.45) is 5.92 Å². The summed E-state index contributed by atoms with van der Waals surface area (Å²) < 4.78 is 1.17. The topological polar surface area (TPSA) is 48.5 Å². The Bertz CT molecular complexity index is 805. The number of hydrogen-bond donors (Lipinski definition) is 1. The Morgan fingerprint density at radius 3 is 2.65 bits per heavy atom. The second kappa shape index (κ2) is 6.82. The second-order valence-electron chi connectivity index (χ2n) is 7.96. The van der Waals surface area contributed by atoms with Crippen molar-refractivity contribution in [3.8, 4) is 0 Å². The van der Waals surface area contributed by atoms with E-state index in [4.69, 9.17) is 0 Å². The predicted molar refractivity (Wildman–Crippen MR) is 106 cm³/mol. The number of carbonyl (C=O) groups excluding carboxylic acids is 1. The minimum absolute atomic E-state index is 0.0152. The van der Waals surface area contributed by atoms with Gasteiger partial charge in [0.1, 0.15) is 5.69 Å². The van der Waals surface area contributed by atoms with Crippen LogP contribution in [0.4, 0.5) is 5.00 Å². The van der Waals surface area contributed by atoms with Crippen LogP contribution in [0.3, 0.4) is 0 Å². The van der Waals surface area contributed by atoms with Crippen LogP contribution in [0.15, 0.2) is 18.3 Å². The summed E-state index contributed by atoms with van der Waals surface area (Å²) in [5, 5.41) is 5.72. The largest absolute Gasteiger partial charge is 0.363 e. The molecule has 4 fully saturated rings. The SMILES string of the molecule is O=C(N[C@H]1CN2CCC1CC2)c1cc2sc(N3CCCCC3)cc2cn1. The van der Waals surface area contributed by atoms with Gasteiger partial charge in [0.25, 0.3) is 5.91 Å². The van der Waals surface area contributed by atoms with Crippen LogP contribution < -0.4 is 10.2 Å². The van der Waals surface area contributed by atoms with E-state index in [1.807, 2.05) is 12.3 Å². The van der Waals surface area contributed by atoms with E-state index in [0.717, 1.165) is 25.0 Å². The van der Waals surface area contributed by atoms with E-state index in [9.17, 15) is 4.79 Å². The fraction of sp³-hybridized carbons (Fsp3) is 0.600. The standard InChI is InChI=1S/C20H26N4OS/c25-20(22-17-13-23-8-4-14(17)5-9-23)16-11-18-15(12-21-16)10-19(26-18)24-6-2-1-3-7-24/h10-12,14,17H,1-9,13H2,(H,22,25)/t17-/m0/s1. The molecule has 2 aromatic rings. The number of fused-ring (bicyclic) bond motifs is 4. The first-order valence-electron chi connectivity index (χ1n) is 9.94. The second-order valence-corrected chi connectivity index (χ2v) is 9.02. The molecular formula is C20H26N4OS. The minimum atomic E-state index is -0.0152. The molecule has 0 aromatic carbocycles. The van der Waals surface area contributed by atoms with Crippen LogP contribution in [0, 0.1) is 5.92 Å². The number of rotatable bonds is 3. The molecule has 2 aromatic heterocycles. The van der Waals surface area contributed by atoms with Crippen molar-refractivity contribution in [3.63, 3.8) is 0 Å². The molecule has 26 heavy (non-hydrogen) atoms. The van der Waals surface area contributed by atoms with E-state index in [1.165, 1.54) is 54.9 Å². The lowest BCUT2D eigenvalue weighted by molar-refractivity contribution is 0.0618. The van der Waals surface area contributed by atoms with Gasteiger partial charge in [-0.25, -0.2) is 0 Å². The van der Waals surface area contributed by atoms with Gasteiger partial charge >= 0.3 is 0 Å². The summed E-state index contributed by atoms with van der Waals surface area (Å²) in [5.74, 6) is 0.624. The molecule has 138 valence electrons. The average molecular weight is 371 g/mol. The van der Waals surface area contributed by atoms with Gasteiger partial charge in [0.15, 0.2) is 0 Å². The van der Waals surface area contributed by atoms with Gasteiger partial charge in [-0.15, -0.1) is 11.3 Å². The maximum Gasteiger partial charge on any atom is 0.270 e. The van der Waals surface area contributed by atoms with Gasteiger partial charge in [-0.05, 0) is 63.2 Å². The molecule has 1 atom stereocenters. The maximum absolute atomic E-state index is 12.7. The van der Waals surface area contributed by atoms with Crippen molar-refractivity contribution in [2.45, 2.75) is 38.1 Å². The predicted octanol–water partition coefficient (Wildman–Crippen LogP) is 3.11. The van der Waals surface area contributed by atoms with Crippen LogP contribution in [-0.2, 0) is 0 Å². The van der Waals surface area contributed by atoms with Crippen molar-refractivity contribution in [2.75, 3.05) is 37.6 Å². The van der Waals surface area contributed by atoms with E-state index in [2.05, 4.69) is 26.2 Å². The number of amides is 1. The monoisotopic (exact) mass is 370 g/mol. The summed E-state index contributed by atoms with van der Waals surface area (Å²) in [5.41, 5.74) is 0.556. The third-order valence-corrected chi connectivity index (χ3v) is 7.42. The first-order chi connectivity index (χ1) is 12.8. The lowest BCUT2D eigenvalue weighted by Gasteiger charge is -2.44. The Hall–Kier alpha value is -1.66. The van der Waals surface area contributed by atoms with Gasteiger partial charge in [-0.1, -0.05) is 0 Å². The summed E-state index contributed by atoms with van der Waals surface area (Å²) in [6.07, 6.45) is 8.18. The number of carbonyl (C=O) groups is 1. The molecular weight excluding hydrogens is 344 g/mol. The van der Waals surface area contributed by atoms with Gasteiger partial charge in [-0.3, -0.25) is 9.78 Å². The summed E-state index contributed by atoms with van der Waals surface area (Å²) in [7, 11) is 0. The molecule has 0 unspecified atom stereocenters. The van der Waals surface area contributed by atoms with Crippen molar-refractivity contribution >= 4 is 32.3 Å². The van der Waals surface area contributed by atoms with Crippen LogP contribution in [0.1, 0.15) is 42.6 Å². The molecule has 5 nitrogen and oxygen atoms in total. The first-order valence-corrected chi connectivity index (χ1v) is 10.8. The van der Waals surface area contributed by atoms with Gasteiger partial charge in [-0.2, -0.15) is 0 Å². The highest BCUT2D eigenvalue weighted by molar-refractivity contribution is 7.22. The van der Waals surface area contributed by atoms with Crippen molar-refractivity contribution in [1.29, 1.82) is 0 Å². The highest BCUT2D eigenvalue weighted by Crippen LogP contribution is 2.34. The van der Waals surface area contributed by atoms with Gasteiger partial charge in [0.2, 0.25) is 0 Å². The first kappa shape index (κ1) is 16.5. The summed E-state index contributed by atoms with van der Waals surface area (Å²) in [6, 6.07) is 4.49. The molecule has 6 heterocycles. The molecule has 0 spiro atoms. The number of anilines is 1. The molecule has 1 N–H and O–H groups in total. The molecule has 4 aliphatic heterocycles. The van der Waals surface area contributed by atoms with Gasteiger partial charge in [0.05, 0.1) is 5.00 Å². The number of pyridine rings is 1. The molecule has 1 amide bonds. The zero-order valence-corrected chi connectivity index (χ0v) is 15.9. The lowest BCUT2D eigenvalue weighted by atomic mass is 9.84. The Morgan fingerprint density at radius 2 is 1.92 bits per heavy atom. The van der Waals surface area contributed by atoms with E-state index in [-0.39, 0.29) is 11.9 Å². The third-order valence-electron chi connectivity index (χ3n) is 6.26. The summed E-state index contributed by atoms with van der Waals surface area (Å²) in [4.78, 5) is 22.1. The Balaban J connectivity index is 1.33. The molecule has 4 saturated heterocycles. The third kappa shape index (κ3) is 3.09. The van der Waals surface area contributed by atoms with E-state index >= 15 is 0 Å². The van der Waals surface area contributed by atoms with Gasteiger partial charge < -0.3 is 15.1 Å². The van der Waals surface area contributed by atoms with Crippen LogP contribution in [0.2, 0.25) is 0 Å². The smallest absolute Gasteiger partial charge is 0.270 e. The van der Waals surface area contributed by atoms with Crippen molar-refractivity contribution in [3.05, 3.63) is 24.0 Å². The number of nitrogens with one attached hydrogen (secondary N) is 1. The number of hydrogen-bond acceptors (Lipinski definition) is 5. The normalized spacial score (nSPS) is 28.5. The highest BCUT2D eigenvalue weighted by atomic mass is 32.1. The van der Waals surface area contributed by atoms with Crippen LogP contribution in [0.25, 0.3) is 10.1 Å². The fourth-order valence-electron chi connectivity index (χ4n) is 4.68. The molecule has 6 heteroatoms. The Kier molecular flexibility index (Phi) is 4.33. The number of piperidine rings is 4. The van der Waals surface area contributed by atoms with Crippen LogP contribution in [-0.4, -0.2) is 54.6 Å². The van der Waals surface area contributed by atoms with E-state index < -0.39 is 0 Å². The van der Waals surface area contributed by atoms with Crippen LogP contribution in [0.5, 0.6) is 0 Å². The molecule has 0 aliphatic carbocycles. The number of nitrogens with zero attached hydrogens (tertiary/aromatic N) is 3. The summed E-state index contributed by atoms with van der Waals surface area (Å²) >= 11 is 1.79. The highest BCUT2D eigenvalue weighted by Gasteiger charge is 2.35. The molecule has 4 aliphatic rings. The lowest BCUT2D eigenvalue weighted by Crippen LogP contribution is -2.57. The van der Waals surface area contributed by atoms with Crippen LogP contribution >= 0.6 is 11.3 Å². The zero-order chi connectivity index (χ0) is 17.5. The van der Waals surface area contributed by atoms with E-state index in [1.54, 1.807) is 11.3 Å². The van der Waals surface area contributed by atoms with Crippen molar-refractivity contribution < 1.29 is 4.79 Å². The molecule has 0 radical (unpaired) electrons. The number of aromatic nitrogens is 1. The Morgan fingerprint density at radius 1 is 1.12 bits per heavy atom. The Labute approximate surface area is 158 Å². The van der Waals surface area contributed by atoms with Gasteiger partial charge in [0, 0.05) is 42.0 Å². The summed E-state index contributed by atoms with van der Waals surface area (Å²) in [6.45, 7) is 5.67. The molecule has 2 bridgehead atoms. The zero-order valence-electron chi connectivity index (χ0n) is 15.1. The van der Waals surface area contributed by atoms with Crippen molar-refractivity contribution in [1.82, 2.24) is 15.2 Å². The van der Waals surface area contributed by atoms with E-state index in [0.29, 0.717) is 11.6 Å². The fourth-order valence-corrected chi connectivity index (χ4v) is 5.81. The molecule has 6 rings (SSSR count).